The number of fused-ring (bicyclic) bond motifs is 1. The Balaban J connectivity index is 1.58. The molecule has 0 heterocycles. The van der Waals surface area contributed by atoms with E-state index in [9.17, 15) is 9.59 Å². The number of nitrogens with zero attached hydrogens (tertiary/aromatic N) is 1. The molecule has 0 aliphatic heterocycles. The Hall–Kier alpha value is -2.22. The molecule has 0 N–H and O–H groups in total. The second-order valence-corrected chi connectivity index (χ2v) is 6.12. The van der Waals surface area contributed by atoms with Crippen molar-refractivity contribution in [2.45, 2.75) is 44.6 Å². The van der Waals surface area contributed by atoms with E-state index in [0.717, 1.165) is 38.5 Å². The number of carbonyl (C=O) groups excluding carboxylic acids is 2. The molecule has 122 valence electrons. The molecule has 0 radical (unpaired) electrons. The predicted octanol–water partition coefficient (Wildman–Crippen LogP) is 2.78. The molecule has 5 heteroatoms. The normalized spacial score (nSPS) is 22.3. The zero-order valence-electron chi connectivity index (χ0n) is 13.1. The Morgan fingerprint density at radius 2 is 2.00 bits per heavy atom. The van der Waals surface area contributed by atoms with Crippen LogP contribution in [0.15, 0.2) is 23.3 Å². The summed E-state index contributed by atoms with van der Waals surface area (Å²) < 4.78 is 10.0. The molecule has 0 bridgehead atoms. The molecule has 3 aliphatic carbocycles. The van der Waals surface area contributed by atoms with Crippen molar-refractivity contribution in [1.29, 1.82) is 0 Å². The summed E-state index contributed by atoms with van der Waals surface area (Å²) in [6, 6.07) is -0.0377. The number of terminal acetylenes is 1. The van der Waals surface area contributed by atoms with E-state index in [2.05, 4.69) is 18.1 Å². The fraction of sp³-hybridized carbons (Fsp3) is 0.556. The standard InChI is InChI=1S/C18H21NO4/c1-2-11-19(16-10-9-13-5-3-4-6-15(13)16)18(21)23-12-22-17(20)14-7-8-14/h1,5-6,14,16H,3-4,7-12H2. The van der Waals surface area contributed by atoms with E-state index in [-0.39, 0.29) is 31.3 Å². The van der Waals surface area contributed by atoms with Gasteiger partial charge in [-0.25, -0.2) is 4.79 Å². The summed E-state index contributed by atoms with van der Waals surface area (Å²) in [5, 5.41) is 0. The van der Waals surface area contributed by atoms with E-state index in [0.29, 0.717) is 0 Å². The van der Waals surface area contributed by atoms with Gasteiger partial charge in [0.2, 0.25) is 6.79 Å². The van der Waals surface area contributed by atoms with E-state index in [4.69, 9.17) is 15.9 Å². The van der Waals surface area contributed by atoms with E-state index >= 15 is 0 Å². The lowest BCUT2D eigenvalue weighted by Crippen LogP contribution is -2.41. The van der Waals surface area contributed by atoms with Crippen LogP contribution >= 0.6 is 0 Å². The van der Waals surface area contributed by atoms with Crippen molar-refractivity contribution < 1.29 is 19.1 Å². The maximum absolute atomic E-state index is 12.3. The maximum Gasteiger partial charge on any atom is 0.413 e. The number of carbonyl (C=O) groups is 2. The van der Waals surface area contributed by atoms with Gasteiger partial charge in [0, 0.05) is 0 Å². The Kier molecular flexibility index (Phi) is 4.71. The Bertz CT molecular complexity index is 595. The molecule has 0 aromatic heterocycles. The van der Waals surface area contributed by atoms with Crippen LogP contribution in [0, 0.1) is 18.3 Å². The van der Waals surface area contributed by atoms with Gasteiger partial charge in [0.1, 0.15) is 0 Å². The molecule has 23 heavy (non-hydrogen) atoms. The van der Waals surface area contributed by atoms with E-state index in [1.807, 2.05) is 0 Å². The van der Waals surface area contributed by atoms with Gasteiger partial charge in [-0.2, -0.15) is 0 Å². The highest BCUT2D eigenvalue weighted by atomic mass is 16.7. The Morgan fingerprint density at radius 1 is 1.22 bits per heavy atom. The summed E-state index contributed by atoms with van der Waals surface area (Å²) in [4.78, 5) is 25.3. The zero-order valence-corrected chi connectivity index (χ0v) is 13.1. The van der Waals surface area contributed by atoms with Gasteiger partial charge >= 0.3 is 12.1 Å². The molecule has 3 aliphatic rings. The second-order valence-electron chi connectivity index (χ2n) is 6.12. The van der Waals surface area contributed by atoms with Gasteiger partial charge in [-0.1, -0.05) is 18.1 Å². The van der Waals surface area contributed by atoms with Gasteiger partial charge in [-0.05, 0) is 49.7 Å². The minimum Gasteiger partial charge on any atom is -0.428 e. The number of hydrogen-bond donors (Lipinski definition) is 0. The predicted molar refractivity (Wildman–Crippen MR) is 84.1 cm³/mol. The molecular formula is C18H21NO4. The van der Waals surface area contributed by atoms with Gasteiger partial charge in [-0.3, -0.25) is 9.69 Å². The topological polar surface area (TPSA) is 55.8 Å². The summed E-state index contributed by atoms with van der Waals surface area (Å²) in [6.45, 7) is -0.158. The first-order valence-corrected chi connectivity index (χ1v) is 8.13. The molecule has 3 rings (SSSR count). The third-order valence-electron chi connectivity index (χ3n) is 4.51. The van der Waals surface area contributed by atoms with E-state index < -0.39 is 6.09 Å². The number of esters is 1. The van der Waals surface area contributed by atoms with Crippen LogP contribution in [0.5, 0.6) is 0 Å². The fourth-order valence-corrected chi connectivity index (χ4v) is 3.17. The number of allylic oxidation sites excluding steroid dienone is 2. The largest absolute Gasteiger partial charge is 0.428 e. The van der Waals surface area contributed by atoms with Crippen molar-refractivity contribution in [1.82, 2.24) is 4.90 Å². The van der Waals surface area contributed by atoms with Crippen LogP contribution in [0.2, 0.25) is 0 Å². The average Bonchev–Trinajstić information content (AvgIpc) is 3.33. The van der Waals surface area contributed by atoms with Crippen molar-refractivity contribution in [3.05, 3.63) is 23.3 Å². The molecular weight excluding hydrogens is 294 g/mol. The van der Waals surface area contributed by atoms with Gasteiger partial charge < -0.3 is 9.47 Å². The quantitative estimate of drug-likeness (QED) is 0.445. The third-order valence-corrected chi connectivity index (χ3v) is 4.51. The van der Waals surface area contributed by atoms with Gasteiger partial charge in [0.05, 0.1) is 18.5 Å². The summed E-state index contributed by atoms with van der Waals surface area (Å²) in [5.74, 6) is 2.22. The highest BCUT2D eigenvalue weighted by molar-refractivity contribution is 5.75. The van der Waals surface area contributed by atoms with Crippen LogP contribution in [-0.2, 0) is 14.3 Å². The molecule has 2 fully saturated rings. The smallest absolute Gasteiger partial charge is 0.413 e. The van der Waals surface area contributed by atoms with Gasteiger partial charge in [0.15, 0.2) is 0 Å². The van der Waals surface area contributed by atoms with Crippen LogP contribution in [0.1, 0.15) is 38.5 Å². The first kappa shape index (κ1) is 15.7. The highest BCUT2D eigenvalue weighted by Gasteiger charge is 2.35. The van der Waals surface area contributed by atoms with Crippen LogP contribution in [-0.4, -0.2) is 36.3 Å². The molecule has 2 saturated carbocycles. The molecule has 0 aromatic carbocycles. The van der Waals surface area contributed by atoms with Crippen molar-refractivity contribution in [3.63, 3.8) is 0 Å². The van der Waals surface area contributed by atoms with Crippen molar-refractivity contribution >= 4 is 12.1 Å². The molecule has 0 aromatic rings. The fourth-order valence-electron chi connectivity index (χ4n) is 3.17. The van der Waals surface area contributed by atoms with Crippen LogP contribution in [0.25, 0.3) is 0 Å². The van der Waals surface area contributed by atoms with E-state index in [1.165, 1.54) is 11.1 Å². The molecule has 0 saturated heterocycles. The summed E-state index contributed by atoms with van der Waals surface area (Å²) >= 11 is 0. The number of rotatable bonds is 5. The van der Waals surface area contributed by atoms with Gasteiger partial charge in [0.25, 0.3) is 0 Å². The van der Waals surface area contributed by atoms with E-state index in [1.54, 1.807) is 4.90 Å². The first-order chi connectivity index (χ1) is 11.2. The first-order valence-electron chi connectivity index (χ1n) is 8.13. The van der Waals surface area contributed by atoms with Crippen molar-refractivity contribution in [2.24, 2.45) is 5.92 Å². The third kappa shape index (κ3) is 3.58. The van der Waals surface area contributed by atoms with Gasteiger partial charge in [-0.15, -0.1) is 6.42 Å². The number of ether oxygens (including phenoxy) is 2. The summed E-state index contributed by atoms with van der Waals surface area (Å²) in [5.41, 5.74) is 2.51. The van der Waals surface area contributed by atoms with Crippen LogP contribution in [0.3, 0.4) is 0 Å². The average molecular weight is 315 g/mol. The number of hydrogen-bond acceptors (Lipinski definition) is 4. The number of amides is 1. The minimum absolute atomic E-state index is 0.00886. The summed E-state index contributed by atoms with van der Waals surface area (Å²) in [7, 11) is 0. The lowest BCUT2D eigenvalue weighted by Gasteiger charge is -2.28. The lowest BCUT2D eigenvalue weighted by molar-refractivity contribution is -0.154. The SMILES string of the molecule is C#CCN(C(=O)OCOC(=O)C1CC1)C1CCC2=CCCC=C21. The van der Waals surface area contributed by atoms with Crippen molar-refractivity contribution in [2.75, 3.05) is 13.3 Å². The second kappa shape index (κ2) is 6.91. The monoisotopic (exact) mass is 315 g/mol. The zero-order chi connectivity index (χ0) is 16.2. The Labute approximate surface area is 136 Å². The molecule has 1 atom stereocenters. The van der Waals surface area contributed by atoms with Crippen molar-refractivity contribution in [3.8, 4) is 12.3 Å². The molecule has 1 unspecified atom stereocenters. The van der Waals surface area contributed by atoms with Crippen LogP contribution < -0.4 is 0 Å². The molecule has 0 spiro atoms. The lowest BCUT2D eigenvalue weighted by atomic mass is 9.98. The maximum atomic E-state index is 12.3. The molecule has 1 amide bonds. The molecule has 5 nitrogen and oxygen atoms in total. The Morgan fingerprint density at radius 3 is 2.74 bits per heavy atom. The van der Waals surface area contributed by atoms with Crippen LogP contribution in [0.4, 0.5) is 4.79 Å². The minimum atomic E-state index is -0.524. The highest BCUT2D eigenvalue weighted by Crippen LogP contribution is 2.37. The summed E-state index contributed by atoms with van der Waals surface area (Å²) in [6.07, 6.45) is 14.9.